The minimum absolute atomic E-state index is 0.0618. The van der Waals surface area contributed by atoms with Crippen molar-refractivity contribution in [2.24, 2.45) is 0 Å². The number of benzene rings is 3. The minimum Gasteiger partial charge on any atom is -0.497 e. The number of nitrogens with one attached hydrogen (secondary N) is 1. The van der Waals surface area contributed by atoms with Crippen LogP contribution in [0, 0.1) is 24.0 Å². The van der Waals surface area contributed by atoms with Crippen LogP contribution in [-0.4, -0.2) is 56.3 Å². The molecule has 224 valence electrons. The van der Waals surface area contributed by atoms with E-state index in [0.29, 0.717) is 24.3 Å². The molecule has 0 fully saturated rings. The highest BCUT2D eigenvalue weighted by Crippen LogP contribution is 2.29. The third-order valence-electron chi connectivity index (χ3n) is 6.79. The lowest BCUT2D eigenvalue weighted by Gasteiger charge is -2.32. The number of carbonyl (C=O) groups excluding carboxylic acids is 2. The van der Waals surface area contributed by atoms with Crippen molar-refractivity contribution in [2.75, 3.05) is 24.5 Å². The van der Waals surface area contributed by atoms with Crippen molar-refractivity contribution in [3.8, 4) is 5.75 Å². The average molecular weight is 597 g/mol. The standard InChI is InChI=1S/C30H36N4O7S/c1-6-17-31-30(36)23(4)32(19-24-10-7-21(2)8-11-24)29(35)20-33(25-12-14-26(41-5)15-13-25)42(39,40)27-16-9-22(3)28(18-27)34(37)38/h7-16,18,23H,6,17,19-20H2,1-5H3,(H,31,36)/t23-/m1/s1. The number of ether oxygens (including phenoxy) is 1. The third-order valence-corrected chi connectivity index (χ3v) is 8.56. The molecule has 2 amide bonds. The zero-order valence-corrected chi connectivity index (χ0v) is 25.2. The Bertz CT molecular complexity index is 1520. The summed E-state index contributed by atoms with van der Waals surface area (Å²) >= 11 is 0. The van der Waals surface area contributed by atoms with Gasteiger partial charge in [-0.3, -0.25) is 24.0 Å². The Labute approximate surface area is 246 Å². The monoisotopic (exact) mass is 596 g/mol. The fourth-order valence-electron chi connectivity index (χ4n) is 4.22. The average Bonchev–Trinajstić information content (AvgIpc) is 2.97. The molecule has 3 rings (SSSR count). The highest BCUT2D eigenvalue weighted by molar-refractivity contribution is 7.92. The van der Waals surface area contributed by atoms with Crippen LogP contribution in [0.15, 0.2) is 71.6 Å². The number of nitrogens with zero attached hydrogens (tertiary/aromatic N) is 3. The van der Waals surface area contributed by atoms with E-state index in [9.17, 15) is 28.1 Å². The van der Waals surface area contributed by atoms with Gasteiger partial charge in [-0.05, 0) is 63.1 Å². The van der Waals surface area contributed by atoms with Crippen LogP contribution in [0.5, 0.6) is 5.75 Å². The quantitative estimate of drug-likeness (QED) is 0.228. The molecule has 0 bridgehead atoms. The van der Waals surface area contributed by atoms with E-state index in [1.807, 2.05) is 38.1 Å². The smallest absolute Gasteiger partial charge is 0.273 e. The molecule has 0 aliphatic heterocycles. The number of anilines is 1. The Morgan fingerprint density at radius 2 is 1.67 bits per heavy atom. The van der Waals surface area contributed by atoms with E-state index in [1.165, 1.54) is 43.2 Å². The molecule has 11 nitrogen and oxygen atoms in total. The number of hydrogen-bond donors (Lipinski definition) is 1. The summed E-state index contributed by atoms with van der Waals surface area (Å²) in [4.78, 5) is 38.8. The maximum Gasteiger partial charge on any atom is 0.273 e. The molecule has 0 radical (unpaired) electrons. The van der Waals surface area contributed by atoms with Gasteiger partial charge in [0.1, 0.15) is 18.3 Å². The van der Waals surface area contributed by atoms with Crippen LogP contribution in [0.25, 0.3) is 0 Å². The van der Waals surface area contributed by atoms with Crippen molar-refractivity contribution in [3.05, 3.63) is 93.5 Å². The molecule has 0 saturated carbocycles. The summed E-state index contributed by atoms with van der Waals surface area (Å²) in [7, 11) is -3.01. The molecule has 42 heavy (non-hydrogen) atoms. The molecule has 3 aromatic rings. The number of carbonyl (C=O) groups is 2. The lowest BCUT2D eigenvalue weighted by atomic mass is 10.1. The van der Waals surface area contributed by atoms with Crippen LogP contribution in [0.3, 0.4) is 0 Å². The van der Waals surface area contributed by atoms with Gasteiger partial charge in [0.15, 0.2) is 0 Å². The van der Waals surface area contributed by atoms with Crippen molar-refractivity contribution in [1.82, 2.24) is 10.2 Å². The van der Waals surface area contributed by atoms with Crippen molar-refractivity contribution in [2.45, 2.75) is 51.6 Å². The van der Waals surface area contributed by atoms with Gasteiger partial charge in [-0.25, -0.2) is 8.42 Å². The van der Waals surface area contributed by atoms with E-state index in [2.05, 4.69) is 5.32 Å². The molecule has 0 aromatic heterocycles. The molecular formula is C30H36N4O7S. The molecule has 1 N–H and O–H groups in total. The van der Waals surface area contributed by atoms with E-state index in [1.54, 1.807) is 19.1 Å². The van der Waals surface area contributed by atoms with Gasteiger partial charge in [0.2, 0.25) is 11.8 Å². The maximum atomic E-state index is 14.0. The molecule has 0 aliphatic carbocycles. The fraction of sp³-hybridized carbons (Fsp3) is 0.333. The first kappa shape index (κ1) is 32.1. The number of nitro benzene ring substituents is 1. The lowest BCUT2D eigenvalue weighted by Crippen LogP contribution is -2.51. The van der Waals surface area contributed by atoms with E-state index >= 15 is 0 Å². The normalized spacial score (nSPS) is 11.8. The highest BCUT2D eigenvalue weighted by atomic mass is 32.2. The second kappa shape index (κ2) is 13.9. The molecular weight excluding hydrogens is 560 g/mol. The molecule has 1 atom stereocenters. The second-order valence-electron chi connectivity index (χ2n) is 9.89. The number of hydrogen-bond acceptors (Lipinski definition) is 7. The Morgan fingerprint density at radius 3 is 2.24 bits per heavy atom. The minimum atomic E-state index is -4.47. The van der Waals surface area contributed by atoms with Crippen LogP contribution in [0.1, 0.15) is 37.0 Å². The first-order chi connectivity index (χ1) is 19.9. The molecule has 0 heterocycles. The topological polar surface area (TPSA) is 139 Å². The summed E-state index contributed by atoms with van der Waals surface area (Å²) in [5.74, 6) is -0.531. The first-order valence-electron chi connectivity index (χ1n) is 13.4. The van der Waals surface area contributed by atoms with Crippen LogP contribution in [0.2, 0.25) is 0 Å². The number of rotatable bonds is 13. The van der Waals surface area contributed by atoms with Gasteiger partial charge in [-0.15, -0.1) is 0 Å². The summed E-state index contributed by atoms with van der Waals surface area (Å²) in [6.07, 6.45) is 0.705. The van der Waals surface area contributed by atoms with Crippen molar-refractivity contribution < 1.29 is 27.7 Å². The van der Waals surface area contributed by atoms with Gasteiger partial charge < -0.3 is 15.0 Å². The van der Waals surface area contributed by atoms with E-state index < -0.39 is 33.4 Å². The van der Waals surface area contributed by atoms with Gasteiger partial charge in [0, 0.05) is 24.7 Å². The zero-order valence-electron chi connectivity index (χ0n) is 24.4. The Kier molecular flexibility index (Phi) is 10.6. The summed E-state index contributed by atoms with van der Waals surface area (Å²) in [5, 5.41) is 14.4. The van der Waals surface area contributed by atoms with Crippen molar-refractivity contribution in [3.63, 3.8) is 0 Å². The molecule has 12 heteroatoms. The van der Waals surface area contributed by atoms with Gasteiger partial charge >= 0.3 is 0 Å². The molecule has 3 aromatic carbocycles. The summed E-state index contributed by atoms with van der Waals surface area (Å²) in [6.45, 7) is 6.77. The van der Waals surface area contributed by atoms with Crippen LogP contribution in [-0.2, 0) is 26.2 Å². The van der Waals surface area contributed by atoms with Gasteiger partial charge in [0.25, 0.3) is 15.7 Å². The molecule has 0 spiro atoms. The van der Waals surface area contributed by atoms with Gasteiger partial charge in [-0.2, -0.15) is 0 Å². The van der Waals surface area contributed by atoms with Crippen LogP contribution in [0.4, 0.5) is 11.4 Å². The summed E-state index contributed by atoms with van der Waals surface area (Å²) in [5.41, 5.74) is 1.86. The van der Waals surface area contributed by atoms with Gasteiger partial charge in [-0.1, -0.05) is 42.8 Å². The SMILES string of the molecule is CCCNC(=O)[C@@H](C)N(Cc1ccc(C)cc1)C(=O)CN(c1ccc(OC)cc1)S(=O)(=O)c1ccc(C)c([N+](=O)[O-])c1. The van der Waals surface area contributed by atoms with Crippen molar-refractivity contribution in [1.29, 1.82) is 0 Å². The lowest BCUT2D eigenvalue weighted by molar-refractivity contribution is -0.385. The van der Waals surface area contributed by atoms with E-state index in [-0.39, 0.29) is 28.7 Å². The Balaban J connectivity index is 2.08. The maximum absolute atomic E-state index is 14.0. The predicted molar refractivity (Wildman–Crippen MR) is 160 cm³/mol. The largest absolute Gasteiger partial charge is 0.497 e. The van der Waals surface area contributed by atoms with E-state index in [4.69, 9.17) is 4.74 Å². The van der Waals surface area contributed by atoms with Crippen molar-refractivity contribution >= 4 is 33.2 Å². The Morgan fingerprint density at radius 1 is 1.02 bits per heavy atom. The second-order valence-corrected chi connectivity index (χ2v) is 11.8. The number of sulfonamides is 1. The van der Waals surface area contributed by atoms with Crippen LogP contribution >= 0.6 is 0 Å². The highest BCUT2D eigenvalue weighted by Gasteiger charge is 2.33. The predicted octanol–water partition coefficient (Wildman–Crippen LogP) is 4.36. The zero-order chi connectivity index (χ0) is 31.0. The summed E-state index contributed by atoms with van der Waals surface area (Å²) < 4.78 is 34.1. The number of aryl methyl sites for hydroxylation is 2. The number of amides is 2. The number of methoxy groups -OCH3 is 1. The van der Waals surface area contributed by atoms with E-state index in [0.717, 1.165) is 21.5 Å². The summed E-state index contributed by atoms with van der Waals surface area (Å²) in [6, 6.07) is 16.2. The molecule has 0 saturated heterocycles. The first-order valence-corrected chi connectivity index (χ1v) is 14.9. The third kappa shape index (κ3) is 7.64. The fourth-order valence-corrected chi connectivity index (χ4v) is 5.65. The Hall–Kier alpha value is -4.45. The number of nitro groups is 1. The van der Waals surface area contributed by atoms with Crippen LogP contribution < -0.4 is 14.4 Å². The molecule has 0 aliphatic rings. The molecule has 0 unspecified atom stereocenters. The van der Waals surface area contributed by atoms with Gasteiger partial charge in [0.05, 0.1) is 22.6 Å².